The molecule has 0 aromatic heterocycles. The Morgan fingerprint density at radius 3 is 1.61 bits per heavy atom. The van der Waals surface area contributed by atoms with E-state index < -0.39 is 26.0 Å². The topological polar surface area (TPSA) is 175 Å². The maximum Gasteiger partial charge on any atom is 0.508 e. The van der Waals surface area contributed by atoms with Crippen LogP contribution in [-0.2, 0) is 55.3 Å². The zero-order chi connectivity index (χ0) is 33.6. The fourth-order valence-electron chi connectivity index (χ4n) is 3.47. The second-order valence-corrected chi connectivity index (χ2v) is 11.8. The third-order valence-corrected chi connectivity index (χ3v) is 7.24. The molecule has 14 nitrogen and oxygen atoms in total. The predicted molar refractivity (Wildman–Crippen MR) is 169 cm³/mol. The largest absolute Gasteiger partial charge is 0.508 e. The van der Waals surface area contributed by atoms with Gasteiger partial charge in [0.05, 0.1) is 32.5 Å². The van der Waals surface area contributed by atoms with Crippen molar-refractivity contribution in [3.63, 3.8) is 0 Å². The van der Waals surface area contributed by atoms with E-state index >= 15 is 0 Å². The molecule has 0 aliphatic heterocycles. The molecule has 0 amide bonds. The molecule has 254 valence electrons. The molecule has 2 rings (SSSR count). The van der Waals surface area contributed by atoms with Crippen molar-refractivity contribution in [3.05, 3.63) is 71.8 Å². The molecule has 0 aliphatic rings. The number of carbonyl (C=O) groups is 3. The van der Waals surface area contributed by atoms with Crippen LogP contribution in [0.3, 0.4) is 0 Å². The smallest absolute Gasteiger partial charge is 0.462 e. The monoisotopic (exact) mass is 665 g/mol. The molecule has 46 heavy (non-hydrogen) atoms. The van der Waals surface area contributed by atoms with Crippen molar-refractivity contribution in [3.8, 4) is 0 Å². The van der Waals surface area contributed by atoms with Crippen molar-refractivity contribution in [1.29, 1.82) is 0 Å². The average Bonchev–Trinajstić information content (AvgIpc) is 3.03. The summed E-state index contributed by atoms with van der Waals surface area (Å²) in [5, 5.41) is 0. The molecule has 2 aromatic rings. The molecule has 0 radical (unpaired) electrons. The van der Waals surface area contributed by atoms with Crippen LogP contribution in [0.4, 0.5) is 9.59 Å². The number of ether oxygens (including phenoxy) is 5. The Labute approximate surface area is 269 Å². The lowest BCUT2D eigenvalue weighted by molar-refractivity contribution is -0.147. The molecular formula is C31H44N3O11P. The van der Waals surface area contributed by atoms with Gasteiger partial charge < -0.3 is 34.3 Å². The van der Waals surface area contributed by atoms with E-state index in [0.717, 1.165) is 11.1 Å². The Kier molecular flexibility index (Phi) is 17.9. The molecule has 15 heteroatoms. The maximum absolute atomic E-state index is 13.4. The fraction of sp³-hybridized carbons (Fsp3) is 0.484. The van der Waals surface area contributed by atoms with E-state index in [9.17, 15) is 18.9 Å². The summed E-state index contributed by atoms with van der Waals surface area (Å²) in [5.74, 6) is -0.796. The summed E-state index contributed by atoms with van der Waals surface area (Å²) in [4.78, 5) is 36.9. The molecule has 0 saturated carbocycles. The number of unbranched alkanes of at least 4 members (excludes halogenated alkanes) is 2. The van der Waals surface area contributed by atoms with Crippen LogP contribution in [-0.4, -0.2) is 75.3 Å². The lowest BCUT2D eigenvalue weighted by atomic mass is 10.2. The average molecular weight is 666 g/mol. The number of nitrogens with zero attached hydrogens (tertiary/aromatic N) is 2. The highest BCUT2D eigenvalue weighted by atomic mass is 31.2. The van der Waals surface area contributed by atoms with Gasteiger partial charge in [0, 0.05) is 7.05 Å². The normalized spacial score (nSPS) is 11.5. The lowest BCUT2D eigenvalue weighted by Gasteiger charge is -2.20. The Morgan fingerprint density at radius 2 is 1.17 bits per heavy atom. The molecule has 0 unspecified atom stereocenters. The number of carbonyl (C=O) groups excluding carboxylic acids is 3. The highest BCUT2D eigenvalue weighted by Gasteiger charge is 2.26. The number of nitrogens with two attached hydrogens (primary N) is 1. The molecule has 0 bridgehead atoms. The van der Waals surface area contributed by atoms with E-state index in [1.807, 2.05) is 60.7 Å². The first-order valence-corrected chi connectivity index (χ1v) is 16.4. The van der Waals surface area contributed by atoms with Gasteiger partial charge in [-0.15, -0.1) is 4.76 Å². The van der Waals surface area contributed by atoms with Crippen LogP contribution in [0.15, 0.2) is 65.4 Å². The summed E-state index contributed by atoms with van der Waals surface area (Å²) in [5.41, 5.74) is 7.65. The van der Waals surface area contributed by atoms with Gasteiger partial charge in [0.2, 0.25) is 5.96 Å². The highest BCUT2D eigenvalue weighted by Crippen LogP contribution is 2.50. The van der Waals surface area contributed by atoms with Crippen LogP contribution in [0.25, 0.3) is 0 Å². The number of rotatable bonds is 20. The first-order chi connectivity index (χ1) is 22.1. The zero-order valence-electron chi connectivity index (χ0n) is 26.5. The van der Waals surface area contributed by atoms with E-state index in [-0.39, 0.29) is 58.2 Å². The summed E-state index contributed by atoms with van der Waals surface area (Å²) in [6.45, 7) is 3.39. The summed E-state index contributed by atoms with van der Waals surface area (Å²) in [7, 11) is -2.64. The van der Waals surface area contributed by atoms with Crippen LogP contribution < -0.4 is 5.73 Å². The Bertz CT molecular complexity index is 1190. The number of esters is 1. The first-order valence-electron chi connectivity index (χ1n) is 14.9. The third-order valence-electron chi connectivity index (χ3n) is 5.77. The van der Waals surface area contributed by atoms with Gasteiger partial charge in [-0.05, 0) is 50.7 Å². The number of benzene rings is 2. The first kappa shape index (κ1) is 38.1. The van der Waals surface area contributed by atoms with Crippen molar-refractivity contribution in [2.75, 3.05) is 40.0 Å². The molecule has 0 atom stereocenters. The molecule has 0 spiro atoms. The minimum Gasteiger partial charge on any atom is -0.462 e. The van der Waals surface area contributed by atoms with Gasteiger partial charge in [0.15, 0.2) is 0 Å². The van der Waals surface area contributed by atoms with E-state index in [1.165, 1.54) is 11.9 Å². The van der Waals surface area contributed by atoms with Crippen molar-refractivity contribution < 1.29 is 51.7 Å². The van der Waals surface area contributed by atoms with E-state index in [1.54, 1.807) is 13.8 Å². The molecular weight excluding hydrogens is 621 g/mol. The fourth-order valence-corrected chi connectivity index (χ4v) is 4.78. The minimum absolute atomic E-state index is 0.0497. The second kappa shape index (κ2) is 21.6. The van der Waals surface area contributed by atoms with Crippen molar-refractivity contribution in [2.45, 2.75) is 58.8 Å². The van der Waals surface area contributed by atoms with Gasteiger partial charge in [-0.1, -0.05) is 60.7 Å². The summed E-state index contributed by atoms with van der Waals surface area (Å²) in [6.07, 6.45) is -0.446. The molecule has 2 aromatic carbocycles. The van der Waals surface area contributed by atoms with Crippen molar-refractivity contribution in [2.24, 2.45) is 10.5 Å². The summed E-state index contributed by atoms with van der Waals surface area (Å²) < 4.78 is 53.7. The number of guanidine groups is 1. The predicted octanol–water partition coefficient (Wildman–Crippen LogP) is 5.59. The lowest BCUT2D eigenvalue weighted by Crippen LogP contribution is -2.38. The van der Waals surface area contributed by atoms with E-state index in [4.69, 9.17) is 38.5 Å². The minimum atomic E-state index is -4.12. The van der Waals surface area contributed by atoms with Gasteiger partial charge in [-0.2, -0.15) is 0 Å². The number of likely N-dealkylation sites (N-methyl/N-ethyl adjacent to an activating group) is 1. The maximum atomic E-state index is 13.4. The van der Waals surface area contributed by atoms with E-state index in [0.29, 0.717) is 25.7 Å². The highest BCUT2D eigenvalue weighted by molar-refractivity contribution is 7.52. The summed E-state index contributed by atoms with van der Waals surface area (Å²) >= 11 is 0. The van der Waals surface area contributed by atoms with Gasteiger partial charge in [0.25, 0.3) is 0 Å². The van der Waals surface area contributed by atoms with Crippen LogP contribution >= 0.6 is 7.75 Å². The van der Waals surface area contributed by atoms with Crippen LogP contribution in [0.5, 0.6) is 0 Å². The standard InChI is InChI=1S/C31H44N3O11P/c1-25(2)45-28(35)22-34(3)29(32)33-46(38,43-20-12-10-18-39-30(36)41-23-26-14-6-4-7-15-26)44-21-13-11-19-40-31(37)42-24-27-16-8-5-9-17-27/h4-9,14-17,25H,10-13,18-24H2,1-3H3,(H2,32,33,38). The number of hydrogen-bond acceptors (Lipinski definition) is 11. The third kappa shape index (κ3) is 17.4. The van der Waals surface area contributed by atoms with Crippen LogP contribution in [0.2, 0.25) is 0 Å². The Morgan fingerprint density at radius 1 is 0.739 bits per heavy atom. The Hall–Kier alpha value is -4.13. The quantitative estimate of drug-likeness (QED) is 0.0463. The SMILES string of the molecule is CC(C)OC(=O)CN(C)/C(N)=N/P(=O)(OCCCCOC(=O)OCc1ccccc1)OCCCCOC(=O)OCc1ccccc1. The van der Waals surface area contributed by atoms with E-state index in [2.05, 4.69) is 4.76 Å². The van der Waals surface area contributed by atoms with Crippen molar-refractivity contribution >= 4 is 32.0 Å². The van der Waals surface area contributed by atoms with Crippen LogP contribution in [0.1, 0.15) is 50.7 Å². The summed E-state index contributed by atoms with van der Waals surface area (Å²) in [6, 6.07) is 18.4. The number of hydrogen-bond donors (Lipinski definition) is 1. The molecule has 0 heterocycles. The molecule has 0 saturated heterocycles. The van der Waals surface area contributed by atoms with Crippen molar-refractivity contribution in [1.82, 2.24) is 4.90 Å². The zero-order valence-corrected chi connectivity index (χ0v) is 27.4. The Balaban J connectivity index is 1.77. The molecule has 2 N–H and O–H groups in total. The second-order valence-electron chi connectivity index (χ2n) is 10.1. The van der Waals surface area contributed by atoms with Crippen LogP contribution in [0, 0.1) is 0 Å². The van der Waals surface area contributed by atoms with Gasteiger partial charge in [-0.25, -0.2) is 14.2 Å². The van der Waals surface area contributed by atoms with Gasteiger partial charge >= 0.3 is 26.0 Å². The van der Waals surface area contributed by atoms with Gasteiger partial charge in [-0.3, -0.25) is 13.8 Å². The molecule has 0 fully saturated rings. The van der Waals surface area contributed by atoms with Gasteiger partial charge in [0.1, 0.15) is 19.8 Å². The molecule has 0 aliphatic carbocycles.